The Kier molecular flexibility index (Phi) is 49.6. The molecule has 9 rings (SSSR count). The molecule has 0 N–H and O–H groups in total. The van der Waals surface area contributed by atoms with Crippen molar-refractivity contribution in [2.45, 2.75) is 16.2 Å². The van der Waals surface area contributed by atoms with Crippen LogP contribution in [0.25, 0.3) is 0 Å². The molecule has 0 radical (unpaired) electrons. The maximum Gasteiger partial charge on any atom is 0.540 e. The molecule has 0 saturated heterocycles. The fourth-order valence-electron chi connectivity index (χ4n) is 12.3. The van der Waals surface area contributed by atoms with Crippen LogP contribution in [0.1, 0.15) is 50.1 Å². The molecule has 0 aliphatic carbocycles. The van der Waals surface area contributed by atoms with E-state index >= 15 is 0 Å². The van der Waals surface area contributed by atoms with E-state index in [1.807, 2.05) is 218 Å². The van der Waals surface area contributed by atoms with Gasteiger partial charge >= 0.3 is 42.4 Å². The first kappa shape index (κ1) is 122. The van der Waals surface area contributed by atoms with Crippen molar-refractivity contribution in [2.24, 2.45) is 45.9 Å². The molecule has 0 fully saturated rings. The number of hydrogen-bond donors (Lipinski definition) is 0. The summed E-state index contributed by atoms with van der Waals surface area (Å²) in [7, 11) is -3.06. The van der Waals surface area contributed by atoms with Gasteiger partial charge in [0.1, 0.15) is 17.2 Å². The molecule has 9 aromatic carbocycles. The van der Waals surface area contributed by atoms with Gasteiger partial charge < -0.3 is 41.6 Å². The third-order valence-corrected chi connectivity index (χ3v) is 51.0. The lowest BCUT2D eigenvalue weighted by Crippen LogP contribution is -2.25. The predicted octanol–water partition coefficient (Wildman–Crippen LogP) is 23.3. The number of hydrogen-bond acceptors (Lipinski definition) is 33. The largest absolute Gasteiger partial charge is 0.540 e. The molecule has 0 saturated carbocycles. The molecular weight excluding hydrogens is 2170 g/mol. The minimum atomic E-state index is -2.57. The van der Waals surface area contributed by atoms with Crippen LogP contribution in [-0.4, -0.2) is 300 Å². The molecule has 0 aromatic heterocycles. The van der Waals surface area contributed by atoms with Gasteiger partial charge in [0.15, 0.2) is 34.5 Å². The quantitative estimate of drug-likeness (QED) is 0.0194. The van der Waals surface area contributed by atoms with Gasteiger partial charge in [-0.15, -0.1) is 30.6 Å². The van der Waals surface area contributed by atoms with Crippen LogP contribution in [0.15, 0.2) is 264 Å². The summed E-state index contributed by atoms with van der Waals surface area (Å²) < 4.78 is 137. The lowest BCUT2D eigenvalue weighted by molar-refractivity contribution is 0.367. The molecule has 0 aliphatic heterocycles. The van der Waals surface area contributed by atoms with Crippen LogP contribution in [0.5, 0.6) is 51.7 Å². The second-order valence-electron chi connectivity index (χ2n) is 34.4. The standard InChI is InChI=1S/C39H50N8O6P5S3.C31H42N6O5P4S2.C23H34N4O4P3S/c1-44(30-39(57(6,7)48)58(8,9)49)40-26-31-12-20-36(21-13-31)51-55(60)46(3)42-28-33-16-24-38(25-17-33)53-56(61)47(4)43-29-34-14-22-37(23-15-34)52-54(59)45(2)41-27-32-10-18-35(50-5)19-11-32;1-35(24-31(45(5,6)38)46(7,8)39)32-21-25-11-17-29(18-12-25)41-44(48)37(3)34-23-27-13-19-30(20-14-27)42-43(47)36(2)33-22-26-9-15-28(40-4)16-10-26;1-26(18-23(33(4,5)28)34(6,7)29)24-16-19-10-14-22(15-11-19)31-32(35)27(2)25-17-20-8-12-21(30-3)13-9-20/h10-29,39H,30H2,1-9H3;9-23,31H,24H2,1-8H3;8-17,23H,18H2,1-7H3/q+3;+2;+1/b40-26+,41-27+,42-28+,43-29+;32-21+,33-22+,34-23+;24-16+,25-17+. The van der Waals surface area contributed by atoms with E-state index in [2.05, 4.69) is 45.9 Å². The lowest BCUT2D eigenvalue weighted by atomic mass is 10.2. The van der Waals surface area contributed by atoms with Crippen LogP contribution < -0.4 is 41.4 Å². The summed E-state index contributed by atoms with van der Waals surface area (Å²) >= 11 is 33.3. The molecule has 0 aliphatic rings. The Morgan fingerprint density at radius 2 is 0.326 bits per heavy atom. The Labute approximate surface area is 884 Å². The molecule has 33 nitrogen and oxygen atoms in total. The fraction of sp³-hybridized carbons (Fsp3) is 0.323. The lowest BCUT2D eigenvalue weighted by Gasteiger charge is -2.28. The maximum atomic E-state index is 12.7. The molecule has 9 aromatic rings. The summed E-state index contributed by atoms with van der Waals surface area (Å²) in [5.74, 6) is 6.06. The van der Waals surface area contributed by atoms with E-state index in [4.69, 9.17) is 112 Å². The summed E-state index contributed by atoms with van der Waals surface area (Å²) in [6, 6.07) is 67.0. The van der Waals surface area contributed by atoms with Crippen molar-refractivity contribution in [3.63, 3.8) is 0 Å². The third-order valence-electron chi connectivity index (χ3n) is 20.2. The smallest absolute Gasteiger partial charge is 0.497 e. The summed E-state index contributed by atoms with van der Waals surface area (Å²) in [5, 5.41) is 43.7. The molecule has 0 heterocycles. The molecule has 0 spiro atoms. The molecule has 0 amide bonds. The minimum absolute atomic E-state index is 0.345. The number of benzene rings is 9. The number of methoxy groups -OCH3 is 3. The van der Waals surface area contributed by atoms with E-state index < -0.39 is 96.1 Å². The zero-order valence-corrected chi connectivity index (χ0v) is 100. The van der Waals surface area contributed by atoms with Gasteiger partial charge in [-0.25, -0.2) is 0 Å². The molecular formula is C93H126N18O15P12S6+6. The normalized spacial score (nSPS) is 12.9. The van der Waals surface area contributed by atoms with Gasteiger partial charge in [0.2, 0.25) is 70.8 Å². The van der Waals surface area contributed by atoms with Gasteiger partial charge in [-0.05, 0) is 348 Å². The van der Waals surface area contributed by atoms with Gasteiger partial charge in [-0.2, -0.15) is 15.3 Å². The first-order valence-electron chi connectivity index (χ1n) is 43.8. The topological polar surface area (TPSA) is 326 Å². The average Bonchev–Trinajstić information content (AvgIpc) is 0.827. The van der Waals surface area contributed by atoms with Crippen LogP contribution >= 0.6 is 85.3 Å². The zero-order valence-electron chi connectivity index (χ0n) is 84.8. The molecule has 768 valence electrons. The number of ether oxygens (including phenoxy) is 3. The first-order valence-corrected chi connectivity index (χ1v) is 73.2. The minimum Gasteiger partial charge on any atom is -0.497 e. The third kappa shape index (κ3) is 44.5. The van der Waals surface area contributed by atoms with Gasteiger partial charge in [0, 0.05) is 21.1 Å². The van der Waals surface area contributed by atoms with Crippen LogP contribution in [0, 0.1) is 0 Å². The van der Waals surface area contributed by atoms with E-state index in [9.17, 15) is 27.4 Å². The van der Waals surface area contributed by atoms with Crippen molar-refractivity contribution in [2.75, 3.05) is 184 Å². The molecule has 0 bridgehead atoms. The first-order chi connectivity index (χ1) is 67.6. The zero-order chi connectivity index (χ0) is 106. The van der Waals surface area contributed by atoms with Crippen molar-refractivity contribution in [3.05, 3.63) is 268 Å². The van der Waals surface area contributed by atoms with Crippen LogP contribution in [0.4, 0.5) is 0 Å². The molecule has 6 unspecified atom stereocenters. The Morgan fingerprint density at radius 3 is 0.438 bits per heavy atom. The highest BCUT2D eigenvalue weighted by Crippen LogP contribution is 2.63. The van der Waals surface area contributed by atoms with Gasteiger partial charge in [-0.3, -0.25) is 42.2 Å². The highest BCUT2D eigenvalue weighted by molar-refractivity contribution is 8.03. The Hall–Kier alpha value is -9.09. The Morgan fingerprint density at radius 1 is 0.215 bits per heavy atom. The number of hydrazone groups is 9. The van der Waals surface area contributed by atoms with Crippen molar-refractivity contribution < 1.29 is 68.7 Å². The van der Waals surface area contributed by atoms with Crippen molar-refractivity contribution >= 4 is 212 Å². The average molecular weight is 2300 g/mol. The number of nitrogens with zero attached hydrogens (tertiary/aromatic N) is 18. The predicted molar refractivity (Wildman–Crippen MR) is 628 cm³/mol. The summed E-state index contributed by atoms with van der Waals surface area (Å²) in [5.41, 5.74) is 7.87. The van der Waals surface area contributed by atoms with Crippen LogP contribution in [0.2, 0.25) is 0 Å². The number of rotatable bonds is 51. The van der Waals surface area contributed by atoms with Crippen LogP contribution in [-0.2, 0) is 98.2 Å². The highest BCUT2D eigenvalue weighted by atomic mass is 32.4. The summed E-state index contributed by atoms with van der Waals surface area (Å²) in [4.78, 5) is 0. The van der Waals surface area contributed by atoms with E-state index in [1.165, 1.54) is 0 Å². The Balaban J connectivity index is 0.000000304. The van der Waals surface area contributed by atoms with Crippen molar-refractivity contribution in [3.8, 4) is 51.7 Å². The van der Waals surface area contributed by atoms with Crippen molar-refractivity contribution in [1.29, 1.82) is 0 Å². The highest BCUT2D eigenvalue weighted by Gasteiger charge is 2.38. The Bertz CT molecular complexity index is 6340. The second-order valence-corrected chi connectivity index (χ2v) is 69.6. The monoisotopic (exact) mass is 2300 g/mol. The second kappa shape index (κ2) is 58.6. The van der Waals surface area contributed by atoms with Gasteiger partial charge in [0.05, 0.1) is 198 Å². The summed E-state index contributed by atoms with van der Waals surface area (Å²) in [6.07, 6.45) is 15.3. The molecule has 51 heteroatoms. The molecule has 6 atom stereocenters. The van der Waals surface area contributed by atoms with Gasteiger partial charge in [-0.1, -0.05) is 28.7 Å². The van der Waals surface area contributed by atoms with E-state index in [0.717, 1.165) is 67.3 Å². The van der Waals surface area contributed by atoms with E-state index in [0.29, 0.717) is 54.1 Å². The summed E-state index contributed by atoms with van der Waals surface area (Å²) in [6.45, 7) is 21.2. The SMILES string of the molecule is COc1ccc(/C=N/N(C)[P+](=S)Oc2ccc(/C=N/N(C)CC(P(C)(C)=O)P(C)(C)=O)cc2)cc1.COc1ccc(/C=N/N(C)[P+](=S)Oc2ccc(/C=N/N(C)[P+](=S)Oc3ccc(/C=N/N(C)CC(P(C)(C)=O)P(C)(C)=O)cc3)cc2)cc1.COc1ccc(/C=N/N(C)[P+](=S)Oc2ccc(/C=N/N(C)[P+](=S)Oc3ccc(/C=N/N(C)[P+](=S)Oc4ccc(/C=N/N(C)CC(P(C)(C)=O)P(C)(C)=O)cc4)cc3)cc2)cc1. The van der Waals surface area contributed by atoms with Gasteiger partial charge in [0.25, 0.3) is 0 Å². The van der Waals surface area contributed by atoms with Crippen LogP contribution in [0.3, 0.4) is 0 Å². The van der Waals surface area contributed by atoms with Crippen molar-refractivity contribution in [1.82, 2.24) is 43.7 Å². The van der Waals surface area contributed by atoms with E-state index in [-0.39, 0.29) is 5.40 Å². The maximum absolute atomic E-state index is 12.7. The molecule has 144 heavy (non-hydrogen) atoms. The van der Waals surface area contributed by atoms with E-state index in [1.54, 1.807) is 264 Å². The fourth-order valence-corrected chi connectivity index (χ4v) is 37.8.